The minimum Gasteiger partial charge on any atom is -0.506 e. The molecule has 1 aromatic heterocycles. The van der Waals surface area contributed by atoms with Crippen molar-refractivity contribution in [2.45, 2.75) is 11.3 Å². The summed E-state index contributed by atoms with van der Waals surface area (Å²) >= 11 is 5.74. The molecule has 0 atom stereocenters. The second-order valence-corrected chi connectivity index (χ2v) is 4.32. The highest BCUT2D eigenvalue weighted by Gasteiger charge is 2.10. The van der Waals surface area contributed by atoms with Crippen LogP contribution in [0.4, 0.5) is 0 Å². The number of hydrogen-bond donors (Lipinski definition) is 2. The third kappa shape index (κ3) is 1.35. The lowest BCUT2D eigenvalue weighted by Crippen LogP contribution is -1.85. The number of fused-ring (bicyclic) bond motifs is 1. The summed E-state index contributed by atoms with van der Waals surface area (Å²) in [5, 5.41) is 21.3. The van der Waals surface area contributed by atoms with Crippen LogP contribution >= 0.6 is 24.0 Å². The lowest BCUT2D eigenvalue weighted by molar-refractivity contribution is 0.458. The molecule has 0 bridgehead atoms. The second kappa shape index (κ2) is 3.52. The summed E-state index contributed by atoms with van der Waals surface area (Å²) in [6, 6.07) is 5.78. The predicted molar refractivity (Wildman–Crippen MR) is 60.1 cm³/mol. The molecule has 2 nitrogen and oxygen atoms in total. The fraction of sp³-hybridized carbons (Fsp3) is 0.100. The summed E-state index contributed by atoms with van der Waals surface area (Å²) < 4.78 is 1.05. The maximum Gasteiger partial charge on any atom is 0.133 e. The number of phenolic OH excluding ortho intramolecular Hbond substituents is 1. The van der Waals surface area contributed by atoms with Gasteiger partial charge in [-0.2, -0.15) is 5.26 Å². The van der Waals surface area contributed by atoms with E-state index in [0.717, 1.165) is 10.1 Å². The Hall–Kier alpha value is -1.18. The van der Waals surface area contributed by atoms with Gasteiger partial charge in [0, 0.05) is 20.5 Å². The molecular formula is C10H7NOS2. The Morgan fingerprint density at radius 2 is 2.36 bits per heavy atom. The van der Waals surface area contributed by atoms with Gasteiger partial charge in [-0.05, 0) is 17.5 Å². The van der Waals surface area contributed by atoms with Crippen molar-refractivity contribution in [2.24, 2.45) is 0 Å². The van der Waals surface area contributed by atoms with Gasteiger partial charge < -0.3 is 5.11 Å². The van der Waals surface area contributed by atoms with Crippen molar-refractivity contribution >= 4 is 34.1 Å². The lowest BCUT2D eigenvalue weighted by Gasteiger charge is -2.04. The number of hydrogen-bond acceptors (Lipinski definition) is 4. The summed E-state index contributed by atoms with van der Waals surface area (Å²) in [6.45, 7) is 0. The number of benzene rings is 1. The van der Waals surface area contributed by atoms with Gasteiger partial charge in [0.25, 0.3) is 0 Å². The number of aromatic hydroxyl groups is 1. The van der Waals surface area contributed by atoms with Crippen molar-refractivity contribution in [3.05, 3.63) is 23.1 Å². The molecule has 2 aromatic rings. The summed E-state index contributed by atoms with van der Waals surface area (Å²) in [4.78, 5) is 0.533. The SMILES string of the molecule is N#CCc1c(O)c(S)cc2sccc12. The number of phenols is 1. The molecule has 0 unspecified atom stereocenters. The van der Waals surface area contributed by atoms with Crippen LogP contribution in [0.5, 0.6) is 5.75 Å². The van der Waals surface area contributed by atoms with Crippen molar-refractivity contribution in [3.8, 4) is 11.8 Å². The minimum absolute atomic E-state index is 0.126. The van der Waals surface area contributed by atoms with E-state index < -0.39 is 0 Å². The van der Waals surface area contributed by atoms with Crippen molar-refractivity contribution in [1.29, 1.82) is 5.26 Å². The van der Waals surface area contributed by atoms with Crippen LogP contribution in [0.1, 0.15) is 5.56 Å². The molecular weight excluding hydrogens is 214 g/mol. The van der Waals surface area contributed by atoms with E-state index in [1.54, 1.807) is 11.3 Å². The van der Waals surface area contributed by atoms with Crippen LogP contribution in [0.2, 0.25) is 0 Å². The summed E-state index contributed by atoms with van der Waals surface area (Å²) in [5.41, 5.74) is 0.677. The maximum atomic E-state index is 9.72. The molecule has 1 aromatic carbocycles. The number of rotatable bonds is 1. The molecule has 0 amide bonds. The van der Waals surface area contributed by atoms with Crippen LogP contribution in [0, 0.1) is 11.3 Å². The lowest BCUT2D eigenvalue weighted by atomic mass is 10.1. The zero-order chi connectivity index (χ0) is 10.1. The van der Waals surface area contributed by atoms with Crippen LogP contribution in [0.25, 0.3) is 10.1 Å². The first-order valence-electron chi connectivity index (χ1n) is 4.02. The summed E-state index contributed by atoms with van der Waals surface area (Å²) in [6.07, 6.45) is 0.216. The predicted octanol–water partition coefficient (Wildman–Crippen LogP) is 2.96. The summed E-state index contributed by atoms with van der Waals surface area (Å²) in [5.74, 6) is 0.126. The molecule has 0 saturated carbocycles. The molecule has 0 saturated heterocycles. The van der Waals surface area contributed by atoms with Gasteiger partial charge in [0.1, 0.15) is 5.75 Å². The topological polar surface area (TPSA) is 44.0 Å². The van der Waals surface area contributed by atoms with E-state index in [0.29, 0.717) is 10.5 Å². The normalized spacial score (nSPS) is 10.3. The van der Waals surface area contributed by atoms with E-state index in [1.807, 2.05) is 23.6 Å². The first-order valence-corrected chi connectivity index (χ1v) is 5.34. The first kappa shape index (κ1) is 9.38. The van der Waals surface area contributed by atoms with Gasteiger partial charge in [-0.3, -0.25) is 0 Å². The van der Waals surface area contributed by atoms with Crippen molar-refractivity contribution in [3.63, 3.8) is 0 Å². The quantitative estimate of drug-likeness (QED) is 0.727. The Morgan fingerprint density at radius 3 is 3.07 bits per heavy atom. The monoisotopic (exact) mass is 221 g/mol. The zero-order valence-electron chi connectivity index (χ0n) is 7.19. The number of thiophene rings is 1. The van der Waals surface area contributed by atoms with E-state index in [2.05, 4.69) is 12.6 Å². The molecule has 0 aliphatic rings. The van der Waals surface area contributed by atoms with Crippen molar-refractivity contribution < 1.29 is 5.11 Å². The van der Waals surface area contributed by atoms with Crippen LogP contribution < -0.4 is 0 Å². The molecule has 70 valence electrons. The van der Waals surface area contributed by atoms with Crippen molar-refractivity contribution in [2.75, 3.05) is 0 Å². The molecule has 1 N–H and O–H groups in total. The van der Waals surface area contributed by atoms with E-state index in [-0.39, 0.29) is 12.2 Å². The second-order valence-electron chi connectivity index (χ2n) is 2.89. The molecule has 0 radical (unpaired) electrons. The molecule has 2 rings (SSSR count). The standard InChI is InChI=1S/C10H7NOS2/c11-3-1-7-6-2-4-14-9(6)5-8(13)10(7)12/h2,4-5,12-13H,1H2. The molecule has 0 spiro atoms. The fourth-order valence-electron chi connectivity index (χ4n) is 1.41. The Morgan fingerprint density at radius 1 is 1.57 bits per heavy atom. The van der Waals surface area contributed by atoms with Crippen LogP contribution in [-0.4, -0.2) is 5.11 Å². The highest BCUT2D eigenvalue weighted by molar-refractivity contribution is 7.80. The third-order valence-electron chi connectivity index (χ3n) is 2.07. The van der Waals surface area contributed by atoms with Gasteiger partial charge in [0.2, 0.25) is 0 Å². The average Bonchev–Trinajstić information content (AvgIpc) is 2.60. The molecule has 4 heteroatoms. The van der Waals surface area contributed by atoms with Gasteiger partial charge in [0.15, 0.2) is 0 Å². The highest BCUT2D eigenvalue weighted by atomic mass is 32.1. The number of thiol groups is 1. The van der Waals surface area contributed by atoms with Crippen LogP contribution in [0.3, 0.4) is 0 Å². The van der Waals surface area contributed by atoms with Crippen LogP contribution in [0.15, 0.2) is 22.4 Å². The smallest absolute Gasteiger partial charge is 0.133 e. The Kier molecular flexibility index (Phi) is 2.36. The van der Waals surface area contributed by atoms with E-state index in [4.69, 9.17) is 5.26 Å². The van der Waals surface area contributed by atoms with E-state index >= 15 is 0 Å². The minimum atomic E-state index is 0.126. The highest BCUT2D eigenvalue weighted by Crippen LogP contribution is 2.36. The maximum absolute atomic E-state index is 9.72. The molecule has 0 aliphatic carbocycles. The Bertz CT molecular complexity index is 525. The van der Waals surface area contributed by atoms with Crippen LogP contribution in [-0.2, 0) is 6.42 Å². The Balaban J connectivity index is 2.81. The zero-order valence-corrected chi connectivity index (χ0v) is 8.90. The van der Waals surface area contributed by atoms with E-state index in [9.17, 15) is 5.11 Å². The fourth-order valence-corrected chi connectivity index (χ4v) is 2.62. The van der Waals surface area contributed by atoms with Gasteiger partial charge in [-0.25, -0.2) is 0 Å². The Labute approximate surface area is 90.8 Å². The molecule has 14 heavy (non-hydrogen) atoms. The van der Waals surface area contributed by atoms with Gasteiger partial charge in [-0.1, -0.05) is 0 Å². The van der Waals surface area contributed by atoms with Gasteiger partial charge in [0.05, 0.1) is 12.5 Å². The number of nitrogens with zero attached hydrogens (tertiary/aromatic N) is 1. The largest absolute Gasteiger partial charge is 0.506 e. The number of nitriles is 1. The first-order chi connectivity index (χ1) is 6.74. The van der Waals surface area contributed by atoms with Crippen molar-refractivity contribution in [1.82, 2.24) is 0 Å². The average molecular weight is 221 g/mol. The molecule has 0 aliphatic heterocycles. The molecule has 0 fully saturated rings. The van der Waals surface area contributed by atoms with Gasteiger partial charge >= 0.3 is 0 Å². The van der Waals surface area contributed by atoms with Gasteiger partial charge in [-0.15, -0.1) is 24.0 Å². The summed E-state index contributed by atoms with van der Waals surface area (Å²) in [7, 11) is 0. The van der Waals surface area contributed by atoms with E-state index in [1.165, 1.54) is 0 Å². The third-order valence-corrected chi connectivity index (χ3v) is 3.28. The molecule has 1 heterocycles.